The molecule has 0 aliphatic rings. The van der Waals surface area contributed by atoms with Gasteiger partial charge in [-0.1, -0.05) is 17.7 Å². The zero-order chi connectivity index (χ0) is 23.7. The van der Waals surface area contributed by atoms with Gasteiger partial charge in [-0.3, -0.25) is 29.3 Å². The summed E-state index contributed by atoms with van der Waals surface area (Å²) in [6.07, 6.45) is -1.32. The molecule has 0 fully saturated rings. The summed E-state index contributed by atoms with van der Waals surface area (Å²) >= 11 is 7.23. The molecule has 10 nitrogen and oxygen atoms in total. The molecule has 1 aromatic carbocycles. The molecule has 0 aliphatic heterocycles. The Hall–Kier alpha value is -3.31. The zero-order valence-electron chi connectivity index (χ0n) is 17.0. The van der Waals surface area contributed by atoms with E-state index in [0.717, 1.165) is 6.07 Å². The Morgan fingerprint density at radius 1 is 1.19 bits per heavy atom. The number of esters is 1. The lowest BCUT2D eigenvalue weighted by molar-refractivity contribution is -0.384. The Labute approximate surface area is 192 Å². The van der Waals surface area contributed by atoms with Gasteiger partial charge < -0.3 is 15.4 Å². The van der Waals surface area contributed by atoms with Gasteiger partial charge in [0.05, 0.1) is 26.9 Å². The highest BCUT2D eigenvalue weighted by Crippen LogP contribution is 2.26. The normalized spacial score (nSPS) is 11.3. The number of ketones is 1. The van der Waals surface area contributed by atoms with Gasteiger partial charge in [-0.25, -0.2) is 0 Å². The maximum Gasteiger partial charge on any atom is 0.308 e. The zero-order valence-corrected chi connectivity index (χ0v) is 18.5. The fourth-order valence-corrected chi connectivity index (χ4v) is 3.31. The van der Waals surface area contributed by atoms with Gasteiger partial charge in [-0.15, -0.1) is 11.3 Å². The van der Waals surface area contributed by atoms with Crippen molar-refractivity contribution in [3.05, 3.63) is 55.7 Å². The summed E-state index contributed by atoms with van der Waals surface area (Å²) in [7, 11) is 0. The summed E-state index contributed by atoms with van der Waals surface area (Å²) < 4.78 is 5.00. The van der Waals surface area contributed by atoms with Crippen LogP contribution in [-0.2, 0) is 19.1 Å². The number of benzene rings is 1. The molecule has 2 N–H and O–H groups in total. The van der Waals surface area contributed by atoms with E-state index in [1.165, 1.54) is 30.4 Å². The molecule has 1 heterocycles. The topological polar surface area (TPSA) is 145 Å². The molecule has 0 saturated carbocycles. The van der Waals surface area contributed by atoms with E-state index in [9.17, 15) is 29.3 Å². The number of halogens is 1. The van der Waals surface area contributed by atoms with Crippen molar-refractivity contribution in [2.75, 3.05) is 11.9 Å². The number of carbonyl (C=O) groups excluding carboxylic acids is 4. The summed E-state index contributed by atoms with van der Waals surface area (Å²) in [5, 5.41) is 17.6. The van der Waals surface area contributed by atoms with Crippen molar-refractivity contribution >= 4 is 57.9 Å². The van der Waals surface area contributed by atoms with Crippen LogP contribution in [0.15, 0.2) is 35.7 Å². The van der Waals surface area contributed by atoms with E-state index in [2.05, 4.69) is 10.6 Å². The number of Topliss-reactive ketones (excluding diaryl/α,β-unsaturated/α-hetero) is 1. The van der Waals surface area contributed by atoms with E-state index in [0.29, 0.717) is 4.88 Å². The molecule has 0 saturated heterocycles. The first-order chi connectivity index (χ1) is 15.2. The third-order valence-corrected chi connectivity index (χ3v) is 5.36. The molecule has 2 aromatic rings. The highest BCUT2D eigenvalue weighted by molar-refractivity contribution is 7.12. The van der Waals surface area contributed by atoms with Crippen LogP contribution >= 0.6 is 22.9 Å². The molecule has 0 spiro atoms. The number of amides is 2. The van der Waals surface area contributed by atoms with Crippen molar-refractivity contribution in [1.29, 1.82) is 0 Å². The van der Waals surface area contributed by atoms with Crippen LogP contribution in [0.5, 0.6) is 0 Å². The number of hydrogen-bond donors (Lipinski definition) is 2. The first-order valence-electron chi connectivity index (χ1n) is 9.45. The van der Waals surface area contributed by atoms with Gasteiger partial charge in [0, 0.05) is 31.5 Å². The second-order valence-electron chi connectivity index (χ2n) is 6.54. The quantitative estimate of drug-likeness (QED) is 0.216. The summed E-state index contributed by atoms with van der Waals surface area (Å²) in [5.74, 6) is -1.96. The summed E-state index contributed by atoms with van der Waals surface area (Å²) in [5.41, 5.74) is -0.250. The number of carbonyl (C=O) groups is 4. The molecule has 170 valence electrons. The van der Waals surface area contributed by atoms with Crippen LogP contribution in [0.2, 0.25) is 5.02 Å². The molecular formula is C20H20ClN3O7S. The second-order valence-corrected chi connectivity index (χ2v) is 7.90. The molecule has 2 rings (SSSR count). The van der Waals surface area contributed by atoms with Crippen molar-refractivity contribution in [2.24, 2.45) is 0 Å². The van der Waals surface area contributed by atoms with Gasteiger partial charge in [-0.05, 0) is 24.4 Å². The smallest absolute Gasteiger partial charge is 0.308 e. The number of nitrogens with zero attached hydrogens (tertiary/aromatic N) is 1. The van der Waals surface area contributed by atoms with Crippen LogP contribution in [0.3, 0.4) is 0 Å². The number of nitro groups is 1. The summed E-state index contributed by atoms with van der Waals surface area (Å²) in [4.78, 5) is 58.5. The number of nitrogens with one attached hydrogen (secondary N) is 2. The van der Waals surface area contributed by atoms with Crippen LogP contribution in [0.25, 0.3) is 0 Å². The van der Waals surface area contributed by atoms with E-state index in [1.807, 2.05) is 0 Å². The standard InChI is InChI=1S/C20H20ClN3O7S/c1-12(20(28)23-15-11-13(24(29)30)4-5-14(15)21)31-19(27)8-9-22-18(26)7-6-16(25)17-3-2-10-32-17/h2-5,10-12H,6-9H2,1H3,(H,22,26)(H,23,28). The van der Waals surface area contributed by atoms with Gasteiger partial charge >= 0.3 is 5.97 Å². The minimum absolute atomic E-state index is 0.00540. The molecule has 0 bridgehead atoms. The minimum atomic E-state index is -1.20. The van der Waals surface area contributed by atoms with E-state index in [-0.39, 0.29) is 53.9 Å². The molecule has 1 aromatic heterocycles. The van der Waals surface area contributed by atoms with Crippen molar-refractivity contribution in [1.82, 2.24) is 5.32 Å². The van der Waals surface area contributed by atoms with Gasteiger partial charge in [0.15, 0.2) is 11.9 Å². The van der Waals surface area contributed by atoms with Crippen molar-refractivity contribution in [2.45, 2.75) is 32.3 Å². The van der Waals surface area contributed by atoms with E-state index in [4.69, 9.17) is 16.3 Å². The Balaban J connectivity index is 1.71. The third-order valence-electron chi connectivity index (χ3n) is 4.12. The predicted octanol–water partition coefficient (Wildman–Crippen LogP) is 3.35. The average Bonchev–Trinajstić information content (AvgIpc) is 3.28. The van der Waals surface area contributed by atoms with Crippen LogP contribution in [0, 0.1) is 10.1 Å². The lowest BCUT2D eigenvalue weighted by atomic mass is 10.2. The Morgan fingerprint density at radius 2 is 1.94 bits per heavy atom. The molecular weight excluding hydrogens is 462 g/mol. The largest absolute Gasteiger partial charge is 0.452 e. The summed E-state index contributed by atoms with van der Waals surface area (Å²) in [6, 6.07) is 6.98. The van der Waals surface area contributed by atoms with Crippen LogP contribution in [-0.4, -0.2) is 41.1 Å². The fourth-order valence-electron chi connectivity index (χ4n) is 2.45. The van der Waals surface area contributed by atoms with Crippen LogP contribution in [0.4, 0.5) is 11.4 Å². The lowest BCUT2D eigenvalue weighted by Gasteiger charge is -2.14. The fraction of sp³-hybridized carbons (Fsp3) is 0.300. The van der Waals surface area contributed by atoms with Crippen molar-refractivity contribution < 1.29 is 28.8 Å². The highest BCUT2D eigenvalue weighted by Gasteiger charge is 2.20. The number of non-ortho nitro benzene ring substituents is 1. The Morgan fingerprint density at radius 3 is 2.59 bits per heavy atom. The van der Waals surface area contributed by atoms with Crippen LogP contribution in [0.1, 0.15) is 35.9 Å². The molecule has 2 amide bonds. The number of hydrogen-bond acceptors (Lipinski definition) is 8. The predicted molar refractivity (Wildman–Crippen MR) is 118 cm³/mol. The summed E-state index contributed by atoms with van der Waals surface area (Å²) in [6.45, 7) is 1.31. The Kier molecular flexibility index (Phi) is 9.29. The van der Waals surface area contributed by atoms with Gasteiger partial charge in [0.2, 0.25) is 5.91 Å². The first kappa shape index (κ1) is 25.0. The van der Waals surface area contributed by atoms with Gasteiger partial charge in [-0.2, -0.15) is 0 Å². The minimum Gasteiger partial charge on any atom is -0.452 e. The number of anilines is 1. The molecule has 1 atom stereocenters. The van der Waals surface area contributed by atoms with E-state index >= 15 is 0 Å². The van der Waals surface area contributed by atoms with Crippen LogP contribution < -0.4 is 10.6 Å². The van der Waals surface area contributed by atoms with Gasteiger partial charge in [0.25, 0.3) is 11.6 Å². The van der Waals surface area contributed by atoms with Crippen molar-refractivity contribution in [3.8, 4) is 0 Å². The molecule has 32 heavy (non-hydrogen) atoms. The average molecular weight is 482 g/mol. The SMILES string of the molecule is CC(OC(=O)CCNC(=O)CCC(=O)c1cccs1)C(=O)Nc1cc([N+](=O)[O-])ccc1Cl. The Bertz CT molecular complexity index is 1010. The van der Waals surface area contributed by atoms with Crippen molar-refractivity contribution in [3.63, 3.8) is 0 Å². The number of nitro benzene ring substituents is 1. The molecule has 0 radical (unpaired) electrons. The highest BCUT2D eigenvalue weighted by atomic mass is 35.5. The second kappa shape index (κ2) is 11.9. The maximum absolute atomic E-state index is 12.2. The van der Waals surface area contributed by atoms with Gasteiger partial charge in [0.1, 0.15) is 0 Å². The molecule has 12 heteroatoms. The molecule has 0 aliphatic carbocycles. The first-order valence-corrected chi connectivity index (χ1v) is 10.7. The number of ether oxygens (including phenoxy) is 1. The number of thiophene rings is 1. The number of rotatable bonds is 11. The lowest BCUT2D eigenvalue weighted by Crippen LogP contribution is -2.32. The van der Waals surface area contributed by atoms with E-state index < -0.39 is 22.9 Å². The molecule has 1 unspecified atom stereocenters. The monoisotopic (exact) mass is 481 g/mol. The third kappa shape index (κ3) is 7.75. The van der Waals surface area contributed by atoms with E-state index in [1.54, 1.807) is 17.5 Å². The maximum atomic E-state index is 12.2.